The number of piperidine rings is 2. The number of likely N-dealkylation sites (tertiary alicyclic amines) is 2. The highest BCUT2D eigenvalue weighted by Gasteiger charge is 2.41. The van der Waals surface area contributed by atoms with Crippen molar-refractivity contribution in [2.75, 3.05) is 26.2 Å². The summed E-state index contributed by atoms with van der Waals surface area (Å²) in [7, 11) is 0. The van der Waals surface area contributed by atoms with Crippen LogP contribution in [0.2, 0.25) is 0 Å². The molecular formula is C18H26N4O2. The highest BCUT2D eigenvalue weighted by Crippen LogP contribution is 2.40. The summed E-state index contributed by atoms with van der Waals surface area (Å²) in [6, 6.07) is 0. The van der Waals surface area contributed by atoms with Crippen molar-refractivity contribution in [1.29, 1.82) is 0 Å². The lowest BCUT2D eigenvalue weighted by atomic mass is 9.72. The summed E-state index contributed by atoms with van der Waals surface area (Å²) < 4.78 is 0. The molecule has 2 fully saturated rings. The fraction of sp³-hybridized carbons (Fsp3) is 0.667. The molecule has 2 amide bonds. The molecule has 1 aromatic heterocycles. The molecule has 1 aromatic rings. The smallest absolute Gasteiger partial charge is 0.256 e. The van der Waals surface area contributed by atoms with E-state index in [0.29, 0.717) is 12.0 Å². The van der Waals surface area contributed by atoms with Gasteiger partial charge >= 0.3 is 0 Å². The lowest BCUT2D eigenvalue weighted by Crippen LogP contribution is -2.52. The van der Waals surface area contributed by atoms with E-state index in [1.54, 1.807) is 12.4 Å². The molecular weight excluding hydrogens is 304 g/mol. The molecule has 0 aliphatic carbocycles. The van der Waals surface area contributed by atoms with Crippen molar-refractivity contribution in [3.63, 3.8) is 0 Å². The van der Waals surface area contributed by atoms with Crippen molar-refractivity contribution in [1.82, 2.24) is 19.8 Å². The van der Waals surface area contributed by atoms with Crippen LogP contribution in [0.25, 0.3) is 0 Å². The Balaban J connectivity index is 1.62. The van der Waals surface area contributed by atoms with E-state index < -0.39 is 0 Å². The van der Waals surface area contributed by atoms with Crippen molar-refractivity contribution in [3.8, 4) is 0 Å². The van der Waals surface area contributed by atoms with Gasteiger partial charge in [0.15, 0.2) is 0 Å². The molecule has 0 N–H and O–H groups in total. The monoisotopic (exact) mass is 330 g/mol. The zero-order chi connectivity index (χ0) is 17.2. The second kappa shape index (κ2) is 6.87. The highest BCUT2D eigenvalue weighted by molar-refractivity contribution is 5.93. The molecule has 0 aromatic carbocycles. The number of carbonyl (C=O) groups excluding carboxylic acids is 2. The van der Waals surface area contributed by atoms with Crippen molar-refractivity contribution in [2.45, 2.75) is 46.0 Å². The van der Waals surface area contributed by atoms with Crippen LogP contribution in [0.4, 0.5) is 0 Å². The average molecular weight is 330 g/mol. The number of hydrogen-bond donors (Lipinski definition) is 0. The number of hydrogen-bond acceptors (Lipinski definition) is 4. The first-order valence-corrected chi connectivity index (χ1v) is 8.95. The van der Waals surface area contributed by atoms with Crippen LogP contribution in [0, 0.1) is 5.41 Å². The molecule has 6 heteroatoms. The Bertz CT molecular complexity index is 606. The van der Waals surface area contributed by atoms with Gasteiger partial charge in [0.2, 0.25) is 5.91 Å². The Morgan fingerprint density at radius 2 is 1.83 bits per heavy atom. The lowest BCUT2D eigenvalue weighted by molar-refractivity contribution is -0.138. The highest BCUT2D eigenvalue weighted by atomic mass is 16.2. The molecule has 3 rings (SSSR count). The van der Waals surface area contributed by atoms with Crippen molar-refractivity contribution >= 4 is 11.8 Å². The van der Waals surface area contributed by atoms with Gasteiger partial charge in [-0.15, -0.1) is 0 Å². The lowest BCUT2D eigenvalue weighted by Gasteiger charge is -2.47. The van der Waals surface area contributed by atoms with Crippen molar-refractivity contribution in [3.05, 3.63) is 23.8 Å². The summed E-state index contributed by atoms with van der Waals surface area (Å²) in [5.41, 5.74) is 0.764. The van der Waals surface area contributed by atoms with E-state index >= 15 is 0 Å². The fourth-order valence-electron chi connectivity index (χ4n) is 3.81. The maximum Gasteiger partial charge on any atom is 0.256 e. The first-order chi connectivity index (χ1) is 11.6. The minimum Gasteiger partial charge on any atom is -0.342 e. The van der Waals surface area contributed by atoms with Gasteiger partial charge in [-0.25, -0.2) is 9.97 Å². The SMILES string of the molecule is CCc1ncc(C(=O)N2CCC3(CCC(=O)N(CC)C3)CC2)cn1. The van der Waals surface area contributed by atoms with E-state index in [1.807, 2.05) is 23.6 Å². The number of aryl methyl sites for hydroxylation is 1. The summed E-state index contributed by atoms with van der Waals surface area (Å²) in [6.45, 7) is 7.16. The van der Waals surface area contributed by atoms with E-state index in [4.69, 9.17) is 0 Å². The third-order valence-electron chi connectivity index (χ3n) is 5.51. The number of nitrogens with zero attached hydrogens (tertiary/aromatic N) is 4. The summed E-state index contributed by atoms with van der Waals surface area (Å²) in [4.78, 5) is 36.9. The average Bonchev–Trinajstić information content (AvgIpc) is 2.64. The van der Waals surface area contributed by atoms with Crippen molar-refractivity contribution in [2.24, 2.45) is 5.41 Å². The number of amides is 2. The number of carbonyl (C=O) groups is 2. The zero-order valence-electron chi connectivity index (χ0n) is 14.6. The Morgan fingerprint density at radius 1 is 1.17 bits per heavy atom. The molecule has 1 spiro atoms. The topological polar surface area (TPSA) is 66.4 Å². The van der Waals surface area contributed by atoms with Crippen LogP contribution in [-0.2, 0) is 11.2 Å². The third kappa shape index (κ3) is 3.28. The van der Waals surface area contributed by atoms with Crippen molar-refractivity contribution < 1.29 is 9.59 Å². The van der Waals surface area contributed by atoms with Gasteiger partial charge in [0.05, 0.1) is 5.56 Å². The van der Waals surface area contributed by atoms with Crippen LogP contribution in [-0.4, -0.2) is 57.8 Å². The molecule has 0 unspecified atom stereocenters. The maximum atomic E-state index is 12.6. The molecule has 6 nitrogen and oxygen atoms in total. The van der Waals surface area contributed by atoms with Gasteiger partial charge < -0.3 is 9.80 Å². The standard InChI is InChI=1S/C18H26N4O2/c1-3-15-19-11-14(12-20-15)17(24)22-9-7-18(8-10-22)6-5-16(23)21(4-2)13-18/h11-12H,3-10,13H2,1-2H3. The third-order valence-corrected chi connectivity index (χ3v) is 5.51. The van der Waals surface area contributed by atoms with Gasteiger partial charge in [-0.2, -0.15) is 0 Å². The molecule has 0 bridgehead atoms. The van der Waals surface area contributed by atoms with E-state index in [9.17, 15) is 9.59 Å². The molecule has 130 valence electrons. The molecule has 3 heterocycles. The van der Waals surface area contributed by atoms with Gasteiger partial charge in [0.1, 0.15) is 5.82 Å². The van der Waals surface area contributed by atoms with Gasteiger partial charge in [-0.1, -0.05) is 6.92 Å². The predicted molar refractivity (Wildman–Crippen MR) is 90.5 cm³/mol. The minimum atomic E-state index is 0.0201. The van der Waals surface area contributed by atoms with E-state index in [2.05, 4.69) is 9.97 Å². The quantitative estimate of drug-likeness (QED) is 0.849. The van der Waals surface area contributed by atoms with Crippen LogP contribution in [0.3, 0.4) is 0 Å². The molecule has 2 saturated heterocycles. The van der Waals surface area contributed by atoms with Gasteiger partial charge in [0, 0.05) is 51.4 Å². The summed E-state index contributed by atoms with van der Waals surface area (Å²) in [5.74, 6) is 1.05. The Labute approximate surface area is 143 Å². The van der Waals surface area contributed by atoms with Crippen LogP contribution >= 0.6 is 0 Å². The largest absolute Gasteiger partial charge is 0.342 e. The van der Waals surface area contributed by atoms with Gasteiger partial charge in [-0.3, -0.25) is 9.59 Å². The summed E-state index contributed by atoms with van der Waals surface area (Å²) in [6.07, 6.45) is 7.58. The number of aromatic nitrogens is 2. The Morgan fingerprint density at radius 3 is 2.42 bits per heavy atom. The van der Waals surface area contributed by atoms with E-state index in [-0.39, 0.29) is 17.2 Å². The van der Waals surface area contributed by atoms with Crippen LogP contribution in [0.5, 0.6) is 0 Å². The molecule has 0 radical (unpaired) electrons. The van der Waals surface area contributed by atoms with Gasteiger partial charge in [0.25, 0.3) is 5.91 Å². The minimum absolute atomic E-state index is 0.0201. The molecule has 0 saturated carbocycles. The molecule has 2 aliphatic heterocycles. The summed E-state index contributed by atoms with van der Waals surface area (Å²) in [5, 5.41) is 0. The predicted octanol–water partition coefficient (Wildman–Crippen LogP) is 1.90. The second-order valence-corrected chi connectivity index (χ2v) is 6.94. The Kier molecular flexibility index (Phi) is 4.83. The molecule has 24 heavy (non-hydrogen) atoms. The Hall–Kier alpha value is -1.98. The number of rotatable bonds is 3. The second-order valence-electron chi connectivity index (χ2n) is 6.94. The molecule has 2 aliphatic rings. The zero-order valence-corrected chi connectivity index (χ0v) is 14.6. The van der Waals surface area contributed by atoms with E-state index in [0.717, 1.165) is 57.7 Å². The first-order valence-electron chi connectivity index (χ1n) is 8.95. The van der Waals surface area contributed by atoms with Crippen LogP contribution < -0.4 is 0 Å². The summed E-state index contributed by atoms with van der Waals surface area (Å²) >= 11 is 0. The van der Waals surface area contributed by atoms with Gasteiger partial charge in [-0.05, 0) is 31.6 Å². The normalized spacial score (nSPS) is 20.5. The first kappa shape index (κ1) is 16.9. The fourth-order valence-corrected chi connectivity index (χ4v) is 3.81. The van der Waals surface area contributed by atoms with E-state index in [1.165, 1.54) is 0 Å². The molecule has 0 atom stereocenters. The van der Waals surface area contributed by atoms with Crippen LogP contribution in [0.15, 0.2) is 12.4 Å². The maximum absolute atomic E-state index is 12.6. The van der Waals surface area contributed by atoms with Crippen LogP contribution in [0.1, 0.15) is 55.7 Å².